The number of rotatable bonds is 4. The molecule has 0 spiro atoms. The van der Waals surface area contributed by atoms with Gasteiger partial charge in [-0.3, -0.25) is 0 Å². The zero-order chi connectivity index (χ0) is 13.8. The smallest absolute Gasteiger partial charge is 0.391 e. The Morgan fingerprint density at radius 2 is 1.78 bits per heavy atom. The van der Waals surface area contributed by atoms with Gasteiger partial charge in [-0.1, -0.05) is 25.1 Å². The fourth-order valence-corrected chi connectivity index (χ4v) is 1.11. The first-order valence-corrected chi connectivity index (χ1v) is 5.09. The molecule has 2 nitrogen and oxygen atoms in total. The van der Waals surface area contributed by atoms with E-state index in [1.165, 1.54) is 24.3 Å². The van der Waals surface area contributed by atoms with Crippen LogP contribution in [0.3, 0.4) is 0 Å². The monoisotopic (exact) mass is 262 g/mol. The third-order valence-electron chi connectivity index (χ3n) is 2.03. The summed E-state index contributed by atoms with van der Waals surface area (Å²) in [5.74, 6) is -5.46. The van der Waals surface area contributed by atoms with E-state index < -0.39 is 30.2 Å². The molecule has 0 fully saturated rings. The molecule has 0 aliphatic carbocycles. The second-order valence-electron chi connectivity index (χ2n) is 3.34. The van der Waals surface area contributed by atoms with E-state index in [0.717, 1.165) is 6.92 Å². The lowest BCUT2D eigenvalue weighted by Crippen LogP contribution is -2.26. The summed E-state index contributed by atoms with van der Waals surface area (Å²) in [5.41, 5.74) is -0.179. The van der Waals surface area contributed by atoms with E-state index in [1.54, 1.807) is 6.07 Å². The first kappa shape index (κ1) is 14.2. The SMILES string of the molecule is CCC(F)=C(F)C(F)(F)OC(=O)c1ccccc1. The molecule has 0 heterocycles. The molecule has 0 radical (unpaired) electrons. The molecular formula is C12H10F4O2. The summed E-state index contributed by atoms with van der Waals surface area (Å²) < 4.78 is 55.4. The third kappa shape index (κ3) is 3.32. The van der Waals surface area contributed by atoms with Crippen LogP contribution in [0.25, 0.3) is 0 Å². The van der Waals surface area contributed by atoms with Gasteiger partial charge in [-0.15, -0.1) is 0 Å². The van der Waals surface area contributed by atoms with Gasteiger partial charge in [0.2, 0.25) is 5.83 Å². The van der Waals surface area contributed by atoms with Crippen molar-refractivity contribution in [2.24, 2.45) is 0 Å². The molecule has 0 N–H and O–H groups in total. The summed E-state index contributed by atoms with van der Waals surface area (Å²) in [7, 11) is 0. The van der Waals surface area contributed by atoms with Crippen molar-refractivity contribution in [1.29, 1.82) is 0 Å². The zero-order valence-corrected chi connectivity index (χ0v) is 9.42. The Labute approximate surface area is 101 Å². The van der Waals surface area contributed by atoms with Gasteiger partial charge < -0.3 is 4.74 Å². The number of carbonyl (C=O) groups is 1. The minimum absolute atomic E-state index is 0.179. The number of ether oxygens (including phenoxy) is 1. The topological polar surface area (TPSA) is 26.3 Å². The van der Waals surface area contributed by atoms with Gasteiger partial charge in [-0.2, -0.15) is 13.2 Å². The van der Waals surface area contributed by atoms with Crippen LogP contribution < -0.4 is 0 Å². The molecule has 18 heavy (non-hydrogen) atoms. The van der Waals surface area contributed by atoms with Gasteiger partial charge in [0, 0.05) is 0 Å². The van der Waals surface area contributed by atoms with Crippen LogP contribution in [0.1, 0.15) is 23.7 Å². The highest BCUT2D eigenvalue weighted by Gasteiger charge is 2.43. The van der Waals surface area contributed by atoms with E-state index >= 15 is 0 Å². The standard InChI is InChI=1S/C12H10F4O2/c1-2-9(13)10(14)12(15,16)18-11(17)8-6-4-3-5-7-8/h3-7H,2H2,1H3. The fraction of sp³-hybridized carbons (Fsp3) is 0.250. The maximum absolute atomic E-state index is 13.1. The average Bonchev–Trinajstić information content (AvgIpc) is 2.37. The Bertz CT molecular complexity index is 454. The van der Waals surface area contributed by atoms with Crippen molar-refractivity contribution in [3.8, 4) is 0 Å². The number of allylic oxidation sites excluding steroid dienone is 1. The minimum Gasteiger partial charge on any atom is -0.391 e. The van der Waals surface area contributed by atoms with Crippen LogP contribution in [0.5, 0.6) is 0 Å². The van der Waals surface area contributed by atoms with Crippen LogP contribution in [0.4, 0.5) is 17.6 Å². The van der Waals surface area contributed by atoms with E-state index in [-0.39, 0.29) is 5.56 Å². The summed E-state index contributed by atoms with van der Waals surface area (Å²) in [6, 6.07) is 6.85. The van der Waals surface area contributed by atoms with Crippen LogP contribution in [-0.2, 0) is 4.74 Å². The molecule has 0 saturated heterocycles. The van der Waals surface area contributed by atoms with Gasteiger partial charge in [0.1, 0.15) is 5.83 Å². The molecule has 0 saturated carbocycles. The van der Waals surface area contributed by atoms with Crippen LogP contribution in [0.2, 0.25) is 0 Å². The number of carbonyl (C=O) groups excluding carboxylic acids is 1. The Kier molecular flexibility index (Phi) is 4.47. The van der Waals surface area contributed by atoms with Crippen LogP contribution in [-0.4, -0.2) is 12.1 Å². The van der Waals surface area contributed by atoms with Gasteiger partial charge >= 0.3 is 12.1 Å². The highest BCUT2D eigenvalue weighted by Crippen LogP contribution is 2.31. The number of alkyl halides is 2. The molecule has 1 aromatic rings. The lowest BCUT2D eigenvalue weighted by atomic mass is 10.2. The summed E-state index contributed by atoms with van der Waals surface area (Å²) in [6.07, 6.45) is -5.16. The van der Waals surface area contributed by atoms with E-state index in [9.17, 15) is 22.4 Å². The molecule has 0 bridgehead atoms. The molecule has 0 aromatic heterocycles. The first-order chi connectivity index (χ1) is 8.38. The van der Waals surface area contributed by atoms with Crippen LogP contribution in [0, 0.1) is 0 Å². The van der Waals surface area contributed by atoms with Gasteiger partial charge in [0.25, 0.3) is 0 Å². The largest absolute Gasteiger partial charge is 0.458 e. The number of halogens is 4. The predicted octanol–water partition coefficient (Wildman–Crippen LogP) is 4.00. The molecule has 0 aliphatic rings. The van der Waals surface area contributed by atoms with Gasteiger partial charge in [0.15, 0.2) is 0 Å². The summed E-state index contributed by atoms with van der Waals surface area (Å²) in [4.78, 5) is 11.3. The van der Waals surface area contributed by atoms with Crippen molar-refractivity contribution in [1.82, 2.24) is 0 Å². The van der Waals surface area contributed by atoms with Crippen molar-refractivity contribution in [2.45, 2.75) is 19.5 Å². The molecule has 6 heteroatoms. The molecule has 0 aliphatic heterocycles. The predicted molar refractivity (Wildman–Crippen MR) is 56.3 cm³/mol. The van der Waals surface area contributed by atoms with Crippen LogP contribution in [0.15, 0.2) is 42.0 Å². The molecular weight excluding hydrogens is 252 g/mol. The average molecular weight is 262 g/mol. The van der Waals surface area contributed by atoms with Crippen molar-refractivity contribution in [3.63, 3.8) is 0 Å². The number of benzene rings is 1. The maximum atomic E-state index is 13.1. The van der Waals surface area contributed by atoms with Crippen molar-refractivity contribution < 1.29 is 27.1 Å². The minimum atomic E-state index is -4.60. The van der Waals surface area contributed by atoms with Crippen molar-refractivity contribution >= 4 is 5.97 Å². The van der Waals surface area contributed by atoms with Crippen molar-refractivity contribution in [2.75, 3.05) is 0 Å². The summed E-state index contributed by atoms with van der Waals surface area (Å²) in [5, 5.41) is 0. The second-order valence-corrected chi connectivity index (χ2v) is 3.34. The maximum Gasteiger partial charge on any atom is 0.458 e. The molecule has 1 rings (SSSR count). The third-order valence-corrected chi connectivity index (χ3v) is 2.03. The fourth-order valence-electron chi connectivity index (χ4n) is 1.11. The quantitative estimate of drug-likeness (QED) is 0.605. The Morgan fingerprint density at radius 3 is 2.28 bits per heavy atom. The van der Waals surface area contributed by atoms with E-state index in [2.05, 4.69) is 4.74 Å². The Morgan fingerprint density at radius 1 is 1.22 bits per heavy atom. The second kappa shape index (κ2) is 5.66. The molecule has 0 amide bonds. The normalized spacial score (nSPS) is 12.9. The lowest BCUT2D eigenvalue weighted by Gasteiger charge is -2.15. The van der Waals surface area contributed by atoms with Crippen molar-refractivity contribution in [3.05, 3.63) is 47.5 Å². The number of hydrogen-bond acceptors (Lipinski definition) is 2. The summed E-state index contributed by atoms with van der Waals surface area (Å²) in [6.45, 7) is 1.16. The highest BCUT2D eigenvalue weighted by atomic mass is 19.3. The van der Waals surface area contributed by atoms with Gasteiger partial charge in [-0.25, -0.2) is 9.18 Å². The van der Waals surface area contributed by atoms with Gasteiger partial charge in [-0.05, 0) is 18.6 Å². The lowest BCUT2D eigenvalue weighted by molar-refractivity contribution is -0.184. The van der Waals surface area contributed by atoms with Crippen LogP contribution >= 0.6 is 0 Å². The van der Waals surface area contributed by atoms with E-state index in [0.29, 0.717) is 0 Å². The number of hydrogen-bond donors (Lipinski definition) is 0. The Hall–Kier alpha value is -1.85. The first-order valence-electron chi connectivity index (χ1n) is 5.09. The highest BCUT2D eigenvalue weighted by molar-refractivity contribution is 5.89. The molecule has 0 atom stereocenters. The molecule has 1 aromatic carbocycles. The van der Waals surface area contributed by atoms with E-state index in [4.69, 9.17) is 0 Å². The molecule has 0 unspecified atom stereocenters. The van der Waals surface area contributed by atoms with Gasteiger partial charge in [0.05, 0.1) is 5.56 Å². The summed E-state index contributed by atoms with van der Waals surface area (Å²) >= 11 is 0. The number of esters is 1. The van der Waals surface area contributed by atoms with E-state index in [1.807, 2.05) is 0 Å². The Balaban J connectivity index is 2.88. The zero-order valence-electron chi connectivity index (χ0n) is 9.42. The molecule has 98 valence electrons.